The Kier molecular flexibility index (Phi) is 3.34. The molecule has 1 aromatic rings. The molecule has 0 heterocycles. The standard InChI is InChI=1S/C10H11F4N/c11-9(6-7-15,10(12,13)14)8-4-2-1-3-5-8/h1-5H,6-7,15H2. The highest BCUT2D eigenvalue weighted by molar-refractivity contribution is 5.24. The van der Waals surface area contributed by atoms with E-state index in [4.69, 9.17) is 5.73 Å². The van der Waals surface area contributed by atoms with Gasteiger partial charge in [-0.1, -0.05) is 30.3 Å². The van der Waals surface area contributed by atoms with E-state index in [1.54, 1.807) is 0 Å². The summed E-state index contributed by atoms with van der Waals surface area (Å²) in [6.45, 7) is -0.356. The maximum absolute atomic E-state index is 13.8. The van der Waals surface area contributed by atoms with Crippen molar-refractivity contribution in [2.75, 3.05) is 6.54 Å². The summed E-state index contributed by atoms with van der Waals surface area (Å²) in [6.07, 6.45) is -5.70. The summed E-state index contributed by atoms with van der Waals surface area (Å²) in [6, 6.07) is 6.49. The van der Waals surface area contributed by atoms with Gasteiger partial charge in [0.25, 0.3) is 0 Å². The molecule has 1 unspecified atom stereocenters. The third-order valence-electron chi connectivity index (χ3n) is 2.17. The highest BCUT2D eigenvalue weighted by Gasteiger charge is 2.56. The van der Waals surface area contributed by atoms with E-state index in [1.165, 1.54) is 18.2 Å². The van der Waals surface area contributed by atoms with Crippen LogP contribution in [0.25, 0.3) is 0 Å². The Morgan fingerprint density at radius 3 is 1.93 bits per heavy atom. The molecule has 0 fully saturated rings. The number of hydrogen-bond donors (Lipinski definition) is 1. The van der Waals surface area contributed by atoms with Crippen LogP contribution < -0.4 is 5.73 Å². The van der Waals surface area contributed by atoms with E-state index >= 15 is 0 Å². The predicted octanol–water partition coefficient (Wildman–Crippen LogP) is 2.76. The SMILES string of the molecule is NCCC(F)(c1ccccc1)C(F)(F)F. The second-order valence-corrected chi connectivity index (χ2v) is 3.20. The monoisotopic (exact) mass is 221 g/mol. The van der Waals surface area contributed by atoms with Gasteiger partial charge in [0.15, 0.2) is 0 Å². The molecule has 1 nitrogen and oxygen atoms in total. The van der Waals surface area contributed by atoms with Gasteiger partial charge >= 0.3 is 6.18 Å². The Bertz CT molecular complexity index is 309. The van der Waals surface area contributed by atoms with Gasteiger partial charge in [0, 0.05) is 6.42 Å². The Hall–Kier alpha value is -1.10. The van der Waals surface area contributed by atoms with Crippen LogP contribution in [0.3, 0.4) is 0 Å². The first-order valence-corrected chi connectivity index (χ1v) is 4.43. The minimum Gasteiger partial charge on any atom is -0.330 e. The van der Waals surface area contributed by atoms with Crippen LogP contribution in [0, 0.1) is 0 Å². The zero-order chi connectivity index (χ0) is 11.5. The van der Waals surface area contributed by atoms with Crippen molar-refractivity contribution < 1.29 is 17.6 Å². The zero-order valence-corrected chi connectivity index (χ0v) is 7.89. The smallest absolute Gasteiger partial charge is 0.330 e. The first kappa shape index (κ1) is 12.0. The summed E-state index contributed by atoms with van der Waals surface area (Å²) in [5.41, 5.74) is 1.26. The summed E-state index contributed by atoms with van der Waals surface area (Å²) in [7, 11) is 0. The first-order valence-electron chi connectivity index (χ1n) is 4.43. The van der Waals surface area contributed by atoms with E-state index in [-0.39, 0.29) is 6.54 Å². The van der Waals surface area contributed by atoms with Gasteiger partial charge in [-0.2, -0.15) is 13.2 Å². The molecule has 84 valence electrons. The summed E-state index contributed by atoms with van der Waals surface area (Å²) >= 11 is 0. The Balaban J connectivity index is 3.13. The molecule has 1 rings (SSSR count). The third kappa shape index (κ3) is 2.28. The van der Waals surface area contributed by atoms with E-state index in [1.807, 2.05) is 0 Å². The molecule has 0 aliphatic heterocycles. The molecule has 1 atom stereocenters. The summed E-state index contributed by atoms with van der Waals surface area (Å²) in [5.74, 6) is 0. The zero-order valence-electron chi connectivity index (χ0n) is 7.89. The van der Waals surface area contributed by atoms with Crippen LogP contribution in [0.2, 0.25) is 0 Å². The van der Waals surface area contributed by atoms with Crippen LogP contribution in [0.1, 0.15) is 12.0 Å². The second-order valence-electron chi connectivity index (χ2n) is 3.20. The molecular weight excluding hydrogens is 210 g/mol. The van der Waals surface area contributed by atoms with E-state index in [2.05, 4.69) is 0 Å². The molecular formula is C10H11F4N. The number of hydrogen-bond acceptors (Lipinski definition) is 1. The van der Waals surface area contributed by atoms with Crippen molar-refractivity contribution in [3.63, 3.8) is 0 Å². The van der Waals surface area contributed by atoms with Crippen LogP contribution in [-0.4, -0.2) is 12.7 Å². The summed E-state index contributed by atoms with van der Waals surface area (Å²) in [4.78, 5) is 0. The van der Waals surface area contributed by atoms with E-state index in [9.17, 15) is 17.6 Å². The van der Waals surface area contributed by atoms with Gasteiger partial charge in [-0.25, -0.2) is 4.39 Å². The van der Waals surface area contributed by atoms with Crippen molar-refractivity contribution in [1.29, 1.82) is 0 Å². The molecule has 5 heteroatoms. The van der Waals surface area contributed by atoms with E-state index < -0.39 is 23.8 Å². The number of halogens is 4. The quantitative estimate of drug-likeness (QED) is 0.780. The molecule has 0 saturated carbocycles. The summed E-state index contributed by atoms with van der Waals surface area (Å²) in [5, 5.41) is 0. The lowest BCUT2D eigenvalue weighted by atomic mass is 9.92. The van der Waals surface area contributed by atoms with Gasteiger partial charge in [-0.15, -0.1) is 0 Å². The highest BCUT2D eigenvalue weighted by Crippen LogP contribution is 2.44. The molecule has 0 saturated heterocycles. The minimum atomic E-state index is -4.94. The van der Waals surface area contributed by atoms with Crippen molar-refractivity contribution in [2.45, 2.75) is 18.3 Å². The Morgan fingerprint density at radius 2 is 1.53 bits per heavy atom. The average Bonchev–Trinajstić information content (AvgIpc) is 2.18. The van der Waals surface area contributed by atoms with Crippen molar-refractivity contribution in [3.8, 4) is 0 Å². The number of nitrogens with two attached hydrogens (primary N) is 1. The molecule has 0 spiro atoms. The number of rotatable bonds is 3. The van der Waals surface area contributed by atoms with Gasteiger partial charge in [0.2, 0.25) is 5.67 Å². The van der Waals surface area contributed by atoms with Gasteiger partial charge in [0.05, 0.1) is 0 Å². The maximum Gasteiger partial charge on any atom is 0.426 e. The van der Waals surface area contributed by atoms with E-state index in [0.717, 1.165) is 12.1 Å². The van der Waals surface area contributed by atoms with Crippen LogP contribution in [0.5, 0.6) is 0 Å². The van der Waals surface area contributed by atoms with Crippen LogP contribution in [0.4, 0.5) is 17.6 Å². The largest absolute Gasteiger partial charge is 0.426 e. The fourth-order valence-corrected chi connectivity index (χ4v) is 1.35. The Morgan fingerprint density at radius 1 is 1.00 bits per heavy atom. The minimum absolute atomic E-state index is 0.356. The third-order valence-corrected chi connectivity index (χ3v) is 2.17. The lowest BCUT2D eigenvalue weighted by molar-refractivity contribution is -0.237. The van der Waals surface area contributed by atoms with Crippen molar-refractivity contribution in [2.24, 2.45) is 5.73 Å². The highest BCUT2D eigenvalue weighted by atomic mass is 19.4. The molecule has 0 aliphatic rings. The average molecular weight is 221 g/mol. The predicted molar refractivity (Wildman–Crippen MR) is 49.0 cm³/mol. The van der Waals surface area contributed by atoms with Crippen LogP contribution in [0.15, 0.2) is 30.3 Å². The Labute approximate surface area is 84.9 Å². The molecule has 0 aliphatic carbocycles. The van der Waals surface area contributed by atoms with E-state index in [0.29, 0.717) is 0 Å². The second kappa shape index (κ2) is 4.18. The van der Waals surface area contributed by atoms with Crippen molar-refractivity contribution in [3.05, 3.63) is 35.9 Å². The number of benzene rings is 1. The summed E-state index contributed by atoms with van der Waals surface area (Å²) < 4.78 is 51.5. The molecule has 2 N–H and O–H groups in total. The van der Waals surface area contributed by atoms with Gasteiger partial charge in [-0.05, 0) is 12.1 Å². The fraction of sp³-hybridized carbons (Fsp3) is 0.400. The molecule has 0 aromatic heterocycles. The normalized spacial score (nSPS) is 16.1. The van der Waals surface area contributed by atoms with Crippen molar-refractivity contribution >= 4 is 0 Å². The molecule has 15 heavy (non-hydrogen) atoms. The first-order chi connectivity index (χ1) is 6.92. The lowest BCUT2D eigenvalue weighted by Crippen LogP contribution is -2.39. The number of alkyl halides is 4. The van der Waals surface area contributed by atoms with Gasteiger partial charge < -0.3 is 5.73 Å². The maximum atomic E-state index is 13.8. The lowest BCUT2D eigenvalue weighted by Gasteiger charge is -2.27. The molecule has 0 amide bonds. The molecule has 1 aromatic carbocycles. The van der Waals surface area contributed by atoms with Gasteiger partial charge in [0.1, 0.15) is 0 Å². The molecule has 0 bridgehead atoms. The van der Waals surface area contributed by atoms with Crippen LogP contribution >= 0.6 is 0 Å². The van der Waals surface area contributed by atoms with Gasteiger partial charge in [-0.3, -0.25) is 0 Å². The topological polar surface area (TPSA) is 26.0 Å². The van der Waals surface area contributed by atoms with Crippen molar-refractivity contribution in [1.82, 2.24) is 0 Å². The van der Waals surface area contributed by atoms with Crippen LogP contribution in [-0.2, 0) is 5.67 Å². The molecule has 0 radical (unpaired) electrons. The fourth-order valence-electron chi connectivity index (χ4n) is 1.35.